The molecule has 1 saturated carbocycles. The van der Waals surface area contributed by atoms with E-state index >= 15 is 0 Å². The Morgan fingerprint density at radius 1 is 1.10 bits per heavy atom. The predicted molar refractivity (Wildman–Crippen MR) is 83.1 cm³/mol. The standard InChI is InChI=1S/C15H30N2O2S/c1-13-5-3-6-14(9-13)10-16-11-15-7-4-8-17(12-15)20(2,18)19/h13-16H,3-12H2,1-2H3. The monoisotopic (exact) mass is 302 g/mol. The zero-order chi connectivity index (χ0) is 14.6. The second-order valence-electron chi connectivity index (χ2n) is 6.93. The lowest BCUT2D eigenvalue weighted by Crippen LogP contribution is -2.43. The summed E-state index contributed by atoms with van der Waals surface area (Å²) in [6, 6.07) is 0. The van der Waals surface area contributed by atoms with Crippen molar-refractivity contribution in [3.05, 3.63) is 0 Å². The van der Waals surface area contributed by atoms with Crippen LogP contribution in [-0.2, 0) is 10.0 Å². The minimum atomic E-state index is -3.01. The van der Waals surface area contributed by atoms with Crippen LogP contribution in [0.3, 0.4) is 0 Å². The van der Waals surface area contributed by atoms with Gasteiger partial charge in [-0.25, -0.2) is 12.7 Å². The van der Waals surface area contributed by atoms with Gasteiger partial charge in [0.05, 0.1) is 6.26 Å². The number of hydrogen-bond donors (Lipinski definition) is 1. The maximum atomic E-state index is 11.6. The van der Waals surface area contributed by atoms with Gasteiger partial charge in [0, 0.05) is 13.1 Å². The van der Waals surface area contributed by atoms with Crippen LogP contribution in [0.4, 0.5) is 0 Å². The van der Waals surface area contributed by atoms with Crippen LogP contribution in [0, 0.1) is 17.8 Å². The molecule has 0 aromatic carbocycles. The van der Waals surface area contributed by atoms with Gasteiger partial charge in [0.25, 0.3) is 0 Å². The van der Waals surface area contributed by atoms with Crippen LogP contribution >= 0.6 is 0 Å². The zero-order valence-electron chi connectivity index (χ0n) is 13.0. The summed E-state index contributed by atoms with van der Waals surface area (Å²) >= 11 is 0. The lowest BCUT2D eigenvalue weighted by atomic mass is 9.82. The van der Waals surface area contributed by atoms with E-state index in [1.54, 1.807) is 4.31 Å². The largest absolute Gasteiger partial charge is 0.316 e. The Balaban J connectivity index is 1.68. The molecule has 1 aliphatic carbocycles. The highest BCUT2D eigenvalue weighted by atomic mass is 32.2. The van der Waals surface area contributed by atoms with E-state index in [9.17, 15) is 8.42 Å². The van der Waals surface area contributed by atoms with Gasteiger partial charge in [-0.3, -0.25) is 0 Å². The summed E-state index contributed by atoms with van der Waals surface area (Å²) in [5.41, 5.74) is 0. The second kappa shape index (κ2) is 7.23. The fourth-order valence-electron chi connectivity index (χ4n) is 3.73. The molecule has 1 N–H and O–H groups in total. The highest BCUT2D eigenvalue weighted by Crippen LogP contribution is 2.28. The average molecular weight is 302 g/mol. The number of nitrogens with one attached hydrogen (secondary N) is 1. The minimum Gasteiger partial charge on any atom is -0.316 e. The maximum Gasteiger partial charge on any atom is 0.211 e. The van der Waals surface area contributed by atoms with Gasteiger partial charge in [-0.2, -0.15) is 0 Å². The highest BCUT2D eigenvalue weighted by molar-refractivity contribution is 7.88. The molecule has 0 spiro atoms. The van der Waals surface area contributed by atoms with Gasteiger partial charge < -0.3 is 5.32 Å². The fraction of sp³-hybridized carbons (Fsp3) is 1.00. The molecule has 4 nitrogen and oxygen atoms in total. The summed E-state index contributed by atoms with van der Waals surface area (Å²) in [7, 11) is -3.01. The summed E-state index contributed by atoms with van der Waals surface area (Å²) in [6.45, 7) is 5.84. The van der Waals surface area contributed by atoms with E-state index in [1.165, 1.54) is 31.9 Å². The quantitative estimate of drug-likeness (QED) is 0.846. The fourth-order valence-corrected chi connectivity index (χ4v) is 4.67. The lowest BCUT2D eigenvalue weighted by Gasteiger charge is -2.32. The number of hydrogen-bond acceptors (Lipinski definition) is 3. The smallest absolute Gasteiger partial charge is 0.211 e. The normalized spacial score (nSPS) is 33.2. The van der Waals surface area contributed by atoms with Crippen LogP contribution < -0.4 is 5.32 Å². The Hall–Kier alpha value is -0.130. The topological polar surface area (TPSA) is 49.4 Å². The molecule has 3 unspecified atom stereocenters. The third-order valence-corrected chi connectivity index (χ3v) is 6.13. The van der Waals surface area contributed by atoms with E-state index in [-0.39, 0.29) is 0 Å². The molecular weight excluding hydrogens is 272 g/mol. The molecule has 118 valence electrons. The molecule has 20 heavy (non-hydrogen) atoms. The van der Waals surface area contributed by atoms with Crippen molar-refractivity contribution in [2.24, 2.45) is 17.8 Å². The summed E-state index contributed by atoms with van der Waals surface area (Å²) < 4.78 is 24.8. The molecule has 0 aromatic heterocycles. The number of nitrogens with zero attached hydrogens (tertiary/aromatic N) is 1. The van der Waals surface area contributed by atoms with E-state index in [4.69, 9.17) is 0 Å². The van der Waals surface area contributed by atoms with Crippen molar-refractivity contribution in [3.63, 3.8) is 0 Å². The summed E-state index contributed by atoms with van der Waals surface area (Å²) in [6.07, 6.45) is 8.96. The van der Waals surface area contributed by atoms with Crippen LogP contribution in [0.15, 0.2) is 0 Å². The van der Waals surface area contributed by atoms with Gasteiger partial charge in [-0.15, -0.1) is 0 Å². The van der Waals surface area contributed by atoms with Gasteiger partial charge in [-0.05, 0) is 56.5 Å². The Kier molecular flexibility index (Phi) is 5.87. The van der Waals surface area contributed by atoms with Crippen molar-refractivity contribution in [3.8, 4) is 0 Å². The summed E-state index contributed by atoms with van der Waals surface area (Å²) in [5.74, 6) is 2.19. The molecule has 1 saturated heterocycles. The first-order valence-electron chi connectivity index (χ1n) is 8.11. The first kappa shape index (κ1) is 16.2. The van der Waals surface area contributed by atoms with Crippen molar-refractivity contribution in [1.82, 2.24) is 9.62 Å². The molecule has 1 heterocycles. The van der Waals surface area contributed by atoms with Gasteiger partial charge in [0.2, 0.25) is 10.0 Å². The van der Waals surface area contributed by atoms with Crippen molar-refractivity contribution in [1.29, 1.82) is 0 Å². The van der Waals surface area contributed by atoms with Crippen molar-refractivity contribution >= 4 is 10.0 Å². The van der Waals surface area contributed by atoms with Crippen molar-refractivity contribution in [2.45, 2.75) is 45.4 Å². The molecule has 3 atom stereocenters. The van der Waals surface area contributed by atoms with Gasteiger partial charge >= 0.3 is 0 Å². The van der Waals surface area contributed by atoms with E-state index in [2.05, 4.69) is 12.2 Å². The van der Waals surface area contributed by atoms with E-state index < -0.39 is 10.0 Å². The minimum absolute atomic E-state index is 0.486. The molecule has 2 aliphatic rings. The van der Waals surface area contributed by atoms with E-state index in [0.717, 1.165) is 37.8 Å². The van der Waals surface area contributed by atoms with Crippen molar-refractivity contribution in [2.75, 3.05) is 32.4 Å². The van der Waals surface area contributed by atoms with E-state index in [0.29, 0.717) is 19.0 Å². The number of piperidine rings is 1. The van der Waals surface area contributed by atoms with Crippen LogP contribution in [0.25, 0.3) is 0 Å². The molecular formula is C15H30N2O2S. The van der Waals surface area contributed by atoms with Gasteiger partial charge in [-0.1, -0.05) is 19.8 Å². The van der Waals surface area contributed by atoms with Crippen LogP contribution in [0.5, 0.6) is 0 Å². The zero-order valence-corrected chi connectivity index (χ0v) is 13.8. The summed E-state index contributed by atoms with van der Waals surface area (Å²) in [4.78, 5) is 0. The first-order chi connectivity index (χ1) is 9.45. The predicted octanol–water partition coefficient (Wildman–Crippen LogP) is 2.07. The highest BCUT2D eigenvalue weighted by Gasteiger charge is 2.26. The average Bonchev–Trinajstić information content (AvgIpc) is 2.38. The molecule has 5 heteroatoms. The van der Waals surface area contributed by atoms with Gasteiger partial charge in [0.15, 0.2) is 0 Å². The molecule has 0 aromatic rings. The molecule has 2 rings (SSSR count). The molecule has 2 fully saturated rings. The number of rotatable bonds is 5. The van der Waals surface area contributed by atoms with E-state index in [1.807, 2.05) is 0 Å². The first-order valence-corrected chi connectivity index (χ1v) is 9.96. The second-order valence-corrected chi connectivity index (χ2v) is 8.91. The Morgan fingerprint density at radius 2 is 1.80 bits per heavy atom. The number of sulfonamides is 1. The lowest BCUT2D eigenvalue weighted by molar-refractivity contribution is 0.241. The SMILES string of the molecule is CC1CCCC(CNCC2CCCN(S(C)(=O)=O)C2)C1. The molecule has 0 bridgehead atoms. The molecule has 0 amide bonds. The summed E-state index contributed by atoms with van der Waals surface area (Å²) in [5, 5.41) is 3.60. The Morgan fingerprint density at radius 3 is 2.50 bits per heavy atom. The van der Waals surface area contributed by atoms with Crippen LogP contribution in [-0.4, -0.2) is 45.2 Å². The molecule has 0 radical (unpaired) electrons. The van der Waals surface area contributed by atoms with Crippen molar-refractivity contribution < 1.29 is 8.42 Å². The Bertz CT molecular complexity index is 397. The molecule has 1 aliphatic heterocycles. The maximum absolute atomic E-state index is 11.6. The van der Waals surface area contributed by atoms with Crippen LogP contribution in [0.2, 0.25) is 0 Å². The third kappa shape index (κ3) is 5.01. The Labute approximate surface area is 124 Å². The third-order valence-electron chi connectivity index (χ3n) is 4.86. The van der Waals surface area contributed by atoms with Crippen LogP contribution in [0.1, 0.15) is 45.4 Å². The van der Waals surface area contributed by atoms with Gasteiger partial charge in [0.1, 0.15) is 0 Å².